The average Bonchev–Trinajstić information content (AvgIpc) is 3.06. The Morgan fingerprint density at radius 2 is 1.94 bits per heavy atom. The summed E-state index contributed by atoms with van der Waals surface area (Å²) in [4.78, 5) is 9.35. The minimum Gasteiger partial charge on any atom is -0.400 e. The fraction of sp³-hybridized carbons (Fsp3) is 0.500. The number of nitrogens with zero attached hydrogens (tertiary/aromatic N) is 4. The molecule has 4 heterocycles. The molecule has 0 spiro atoms. The highest BCUT2D eigenvalue weighted by atomic mass is 16.5. The van der Waals surface area contributed by atoms with Gasteiger partial charge in [0.15, 0.2) is 0 Å². The van der Waals surface area contributed by atoms with Gasteiger partial charge in [-0.25, -0.2) is 5.84 Å². The van der Waals surface area contributed by atoms with Crippen molar-refractivity contribution in [1.29, 1.82) is 0 Å². The van der Waals surface area contributed by atoms with E-state index in [4.69, 9.17) is 21.3 Å². The maximum Gasteiger partial charge on any atom is 0.101 e. The number of ether oxygens (including phenoxy) is 1. The van der Waals surface area contributed by atoms with Crippen LogP contribution in [0.5, 0.6) is 0 Å². The van der Waals surface area contributed by atoms with Gasteiger partial charge in [-0.05, 0) is 51.2 Å². The Bertz CT molecular complexity index is 1150. The third-order valence-corrected chi connectivity index (χ3v) is 6.31. The van der Waals surface area contributed by atoms with Crippen LogP contribution in [0.1, 0.15) is 51.3 Å². The Morgan fingerprint density at radius 3 is 2.56 bits per heavy atom. The third-order valence-electron chi connectivity index (χ3n) is 6.31. The second-order valence-electron chi connectivity index (χ2n) is 9.24. The van der Waals surface area contributed by atoms with Crippen molar-refractivity contribution in [3.63, 3.8) is 0 Å². The summed E-state index contributed by atoms with van der Waals surface area (Å²) in [5, 5.41) is 13.1. The van der Waals surface area contributed by atoms with E-state index in [9.17, 15) is 5.11 Å². The number of hydrogen-bond acceptors (Lipinski definition) is 7. The van der Waals surface area contributed by atoms with E-state index in [1.54, 1.807) is 25.9 Å². The molecule has 172 valence electrons. The van der Waals surface area contributed by atoms with Gasteiger partial charge in [-0.2, -0.15) is 0 Å². The van der Waals surface area contributed by atoms with Crippen molar-refractivity contribution in [3.8, 4) is 0 Å². The quantitative estimate of drug-likeness (QED) is 0.400. The van der Waals surface area contributed by atoms with E-state index in [0.717, 1.165) is 65.8 Å². The van der Waals surface area contributed by atoms with Gasteiger partial charge in [0.05, 0.1) is 27.9 Å². The zero-order valence-corrected chi connectivity index (χ0v) is 19.4. The molecule has 0 aromatic carbocycles. The van der Waals surface area contributed by atoms with Crippen LogP contribution in [0.15, 0.2) is 30.2 Å². The minimum atomic E-state index is -1.03. The van der Waals surface area contributed by atoms with Crippen LogP contribution in [0.3, 0.4) is 0 Å². The average molecular weight is 439 g/mol. The third kappa shape index (κ3) is 4.18. The molecule has 32 heavy (non-hydrogen) atoms. The molecule has 0 saturated carbocycles. The van der Waals surface area contributed by atoms with Gasteiger partial charge >= 0.3 is 0 Å². The fourth-order valence-electron chi connectivity index (χ4n) is 4.48. The number of nitrogens with two attached hydrogens (primary N) is 2. The number of aliphatic hydroxyl groups is 1. The first-order chi connectivity index (χ1) is 15.2. The molecule has 3 aromatic heterocycles. The molecule has 3 aromatic rings. The van der Waals surface area contributed by atoms with E-state index in [1.807, 2.05) is 25.4 Å². The van der Waals surface area contributed by atoms with Gasteiger partial charge in [0.2, 0.25) is 0 Å². The van der Waals surface area contributed by atoms with E-state index in [2.05, 4.69) is 15.6 Å². The first-order valence-electron chi connectivity index (χ1n) is 11.3. The van der Waals surface area contributed by atoms with Crippen LogP contribution in [-0.2, 0) is 16.9 Å². The van der Waals surface area contributed by atoms with Crippen LogP contribution in [0.2, 0.25) is 0 Å². The predicted molar refractivity (Wildman–Crippen MR) is 127 cm³/mol. The lowest BCUT2D eigenvalue weighted by Gasteiger charge is -2.24. The smallest absolute Gasteiger partial charge is 0.101 e. The zero-order chi connectivity index (χ0) is 23.0. The molecule has 8 heteroatoms. The predicted octanol–water partition coefficient (Wildman–Crippen LogP) is 3.08. The maximum atomic E-state index is 10.6. The van der Waals surface area contributed by atoms with E-state index in [0.29, 0.717) is 23.7 Å². The highest BCUT2D eigenvalue weighted by Crippen LogP contribution is 2.33. The Balaban J connectivity index is 1.95. The van der Waals surface area contributed by atoms with Crippen molar-refractivity contribution in [1.82, 2.24) is 19.5 Å². The molecule has 0 amide bonds. The summed E-state index contributed by atoms with van der Waals surface area (Å²) in [5.74, 6) is 6.64. The molecule has 0 atom stereocenters. The van der Waals surface area contributed by atoms with E-state index in [-0.39, 0.29) is 0 Å². The standard InChI is InChI=1S/C24H34N6O2/c1-5-18(25)23(29(4)26)16-10-20-22(28-12-16)17-13-27-21(24(2,3)31)11-19(17)30(20)14-15-6-8-32-9-7-15/h10-13,15,31H,5-9,14,25-26H2,1-4H3/b23-18-. The van der Waals surface area contributed by atoms with Crippen molar-refractivity contribution in [2.45, 2.75) is 52.2 Å². The molecule has 1 aliphatic heterocycles. The molecule has 5 N–H and O–H groups in total. The van der Waals surface area contributed by atoms with Crippen LogP contribution < -0.4 is 11.6 Å². The summed E-state index contributed by atoms with van der Waals surface area (Å²) in [6.07, 6.45) is 6.39. The van der Waals surface area contributed by atoms with Gasteiger partial charge in [-0.3, -0.25) is 9.97 Å². The van der Waals surface area contributed by atoms with Crippen molar-refractivity contribution >= 4 is 27.6 Å². The molecule has 1 saturated heterocycles. The number of allylic oxidation sites excluding steroid dienone is 1. The van der Waals surface area contributed by atoms with Gasteiger partial charge in [0, 0.05) is 55.8 Å². The largest absolute Gasteiger partial charge is 0.400 e. The first-order valence-corrected chi connectivity index (χ1v) is 11.3. The summed E-state index contributed by atoms with van der Waals surface area (Å²) in [7, 11) is 1.79. The highest BCUT2D eigenvalue weighted by Gasteiger charge is 2.23. The zero-order valence-electron chi connectivity index (χ0n) is 19.4. The Labute approximate surface area is 188 Å². The second kappa shape index (κ2) is 8.69. The van der Waals surface area contributed by atoms with Crippen LogP contribution in [0, 0.1) is 5.92 Å². The normalized spacial score (nSPS) is 16.6. The van der Waals surface area contributed by atoms with Gasteiger partial charge in [-0.1, -0.05) is 6.92 Å². The Kier molecular flexibility index (Phi) is 6.11. The SMILES string of the molecule is CC/C(N)=C(\c1cnc2c3cnc(C(C)(C)O)cc3n(CC3CCOCC3)c2c1)N(C)N. The molecule has 8 nitrogen and oxygen atoms in total. The molecular weight excluding hydrogens is 404 g/mol. The highest BCUT2D eigenvalue weighted by molar-refractivity contribution is 6.06. The second-order valence-corrected chi connectivity index (χ2v) is 9.24. The van der Waals surface area contributed by atoms with Crippen LogP contribution >= 0.6 is 0 Å². The Morgan fingerprint density at radius 1 is 1.22 bits per heavy atom. The molecule has 0 aliphatic carbocycles. The Hall–Kier alpha value is -2.68. The summed E-state index contributed by atoms with van der Waals surface area (Å²) in [6.45, 7) is 7.95. The molecule has 0 unspecified atom stereocenters. The summed E-state index contributed by atoms with van der Waals surface area (Å²) in [6, 6.07) is 4.11. The van der Waals surface area contributed by atoms with E-state index < -0.39 is 5.60 Å². The van der Waals surface area contributed by atoms with Crippen molar-refractivity contribution in [2.24, 2.45) is 17.5 Å². The van der Waals surface area contributed by atoms with Gasteiger partial charge < -0.3 is 25.2 Å². The first kappa shape index (κ1) is 22.5. The molecule has 0 bridgehead atoms. The number of hydrogen-bond donors (Lipinski definition) is 3. The van der Waals surface area contributed by atoms with Gasteiger partial charge in [0.25, 0.3) is 0 Å². The van der Waals surface area contributed by atoms with Crippen molar-refractivity contribution in [3.05, 3.63) is 41.5 Å². The van der Waals surface area contributed by atoms with E-state index in [1.165, 1.54) is 0 Å². The number of pyridine rings is 2. The lowest BCUT2D eigenvalue weighted by Crippen LogP contribution is -2.27. The topological polar surface area (TPSA) is 115 Å². The van der Waals surface area contributed by atoms with Gasteiger partial charge in [0.1, 0.15) is 5.60 Å². The molecular formula is C24H34N6O2. The molecule has 0 radical (unpaired) electrons. The number of fused-ring (bicyclic) bond motifs is 3. The van der Waals surface area contributed by atoms with Crippen molar-refractivity contribution in [2.75, 3.05) is 20.3 Å². The molecule has 4 rings (SSSR count). The fourth-order valence-corrected chi connectivity index (χ4v) is 4.48. The number of aromatic nitrogens is 3. The summed E-state index contributed by atoms with van der Waals surface area (Å²) in [5.41, 5.74) is 11.2. The van der Waals surface area contributed by atoms with Crippen LogP contribution in [-0.4, -0.2) is 44.9 Å². The van der Waals surface area contributed by atoms with Gasteiger partial charge in [-0.15, -0.1) is 0 Å². The monoisotopic (exact) mass is 438 g/mol. The number of rotatable bonds is 6. The van der Waals surface area contributed by atoms with Crippen LogP contribution in [0.25, 0.3) is 27.6 Å². The minimum absolute atomic E-state index is 0.512. The lowest BCUT2D eigenvalue weighted by molar-refractivity contribution is 0.0619. The molecule has 1 aliphatic rings. The van der Waals surface area contributed by atoms with Crippen molar-refractivity contribution < 1.29 is 9.84 Å². The molecule has 1 fully saturated rings. The maximum absolute atomic E-state index is 10.6. The number of hydrazine groups is 1. The lowest BCUT2D eigenvalue weighted by atomic mass is 10.00. The van der Waals surface area contributed by atoms with Crippen LogP contribution in [0.4, 0.5) is 0 Å². The summed E-state index contributed by atoms with van der Waals surface area (Å²) < 4.78 is 7.88. The van der Waals surface area contributed by atoms with E-state index >= 15 is 0 Å². The summed E-state index contributed by atoms with van der Waals surface area (Å²) >= 11 is 0.